The van der Waals surface area contributed by atoms with Crippen molar-refractivity contribution in [3.8, 4) is 12.3 Å². The van der Waals surface area contributed by atoms with Gasteiger partial charge in [0, 0.05) is 19.1 Å². The summed E-state index contributed by atoms with van der Waals surface area (Å²) in [5, 5.41) is 0. The fourth-order valence-corrected chi connectivity index (χ4v) is 1.24. The summed E-state index contributed by atoms with van der Waals surface area (Å²) < 4.78 is 5.33. The Morgan fingerprint density at radius 3 is 2.91 bits per heavy atom. The van der Waals surface area contributed by atoms with Crippen LogP contribution in [0.1, 0.15) is 13.8 Å². The van der Waals surface area contributed by atoms with Gasteiger partial charge in [-0.3, -0.25) is 4.90 Å². The van der Waals surface area contributed by atoms with Gasteiger partial charge in [0.15, 0.2) is 0 Å². The maximum absolute atomic E-state index is 5.33. The fourth-order valence-electron chi connectivity index (χ4n) is 1.24. The molecule has 0 saturated carbocycles. The summed E-state index contributed by atoms with van der Waals surface area (Å²) in [6.07, 6.45) is 5.27. The topological polar surface area (TPSA) is 12.5 Å². The zero-order chi connectivity index (χ0) is 8.27. The highest BCUT2D eigenvalue weighted by Crippen LogP contribution is 2.07. The third kappa shape index (κ3) is 2.21. The summed E-state index contributed by atoms with van der Waals surface area (Å²) in [6, 6.07) is 0.578. The second-order valence-corrected chi connectivity index (χ2v) is 3.11. The molecule has 0 aromatic carbocycles. The van der Waals surface area contributed by atoms with Crippen LogP contribution in [0.15, 0.2) is 0 Å². The van der Waals surface area contributed by atoms with Gasteiger partial charge in [-0.1, -0.05) is 5.92 Å². The van der Waals surface area contributed by atoms with Gasteiger partial charge in [0.05, 0.1) is 6.61 Å². The molecule has 1 heterocycles. The van der Waals surface area contributed by atoms with E-state index in [9.17, 15) is 0 Å². The lowest BCUT2D eigenvalue weighted by Crippen LogP contribution is -2.45. The first kappa shape index (κ1) is 8.58. The molecule has 0 N–H and O–H groups in total. The van der Waals surface area contributed by atoms with E-state index in [0.717, 1.165) is 19.7 Å². The number of hydrogen-bond acceptors (Lipinski definition) is 2. The van der Waals surface area contributed by atoms with Gasteiger partial charge >= 0.3 is 0 Å². The molecule has 0 aromatic rings. The van der Waals surface area contributed by atoms with Crippen molar-refractivity contribution in [1.29, 1.82) is 0 Å². The Morgan fingerprint density at radius 1 is 1.64 bits per heavy atom. The quantitative estimate of drug-likeness (QED) is 0.515. The molecule has 0 aliphatic carbocycles. The second kappa shape index (κ2) is 3.75. The lowest BCUT2D eigenvalue weighted by molar-refractivity contribution is -0.0102. The largest absolute Gasteiger partial charge is 0.363 e. The average Bonchev–Trinajstić information content (AvgIpc) is 2.05. The van der Waals surface area contributed by atoms with E-state index in [2.05, 4.69) is 24.7 Å². The van der Waals surface area contributed by atoms with Crippen LogP contribution in [0.5, 0.6) is 0 Å². The maximum Gasteiger partial charge on any atom is 0.130 e. The molecule has 0 bridgehead atoms. The zero-order valence-corrected chi connectivity index (χ0v) is 7.21. The van der Waals surface area contributed by atoms with Crippen LogP contribution in [0.2, 0.25) is 0 Å². The van der Waals surface area contributed by atoms with Gasteiger partial charge in [-0.2, -0.15) is 0 Å². The number of morpholine rings is 1. The highest BCUT2D eigenvalue weighted by atomic mass is 16.5. The molecule has 1 fully saturated rings. The minimum absolute atomic E-state index is 0.00569. The Bertz CT molecular complexity index is 159. The first-order valence-electron chi connectivity index (χ1n) is 4.06. The Labute approximate surface area is 68.5 Å². The summed E-state index contributed by atoms with van der Waals surface area (Å²) in [4.78, 5) is 2.34. The van der Waals surface area contributed by atoms with E-state index in [4.69, 9.17) is 11.2 Å². The van der Waals surface area contributed by atoms with Crippen molar-refractivity contribution < 1.29 is 4.74 Å². The van der Waals surface area contributed by atoms with Crippen LogP contribution < -0.4 is 0 Å². The van der Waals surface area contributed by atoms with Crippen LogP contribution in [0.4, 0.5) is 0 Å². The van der Waals surface area contributed by atoms with Gasteiger partial charge in [0.25, 0.3) is 0 Å². The molecule has 0 radical (unpaired) electrons. The number of nitrogens with zero attached hydrogens (tertiary/aromatic N) is 1. The normalized spacial score (nSPS) is 26.9. The smallest absolute Gasteiger partial charge is 0.130 e. The predicted molar refractivity (Wildman–Crippen MR) is 45.3 cm³/mol. The number of ether oxygens (including phenoxy) is 1. The SMILES string of the molecule is C#C[C@H]1CN(C(C)C)CCO1. The standard InChI is InChI=1S/C9H15NO/c1-4-9-7-10(8(2)3)5-6-11-9/h1,8-9H,5-7H2,2-3H3/t9-/m0/s1. The van der Waals surface area contributed by atoms with Crippen LogP contribution in [0.25, 0.3) is 0 Å². The first-order chi connectivity index (χ1) is 5.24. The average molecular weight is 153 g/mol. The predicted octanol–water partition coefficient (Wildman–Crippen LogP) is 0.729. The number of rotatable bonds is 1. The van der Waals surface area contributed by atoms with Crippen LogP contribution in [-0.4, -0.2) is 36.7 Å². The van der Waals surface area contributed by atoms with Crippen molar-refractivity contribution in [2.24, 2.45) is 0 Å². The van der Waals surface area contributed by atoms with Gasteiger partial charge in [-0.25, -0.2) is 0 Å². The summed E-state index contributed by atoms with van der Waals surface area (Å²) in [7, 11) is 0. The van der Waals surface area contributed by atoms with Crippen molar-refractivity contribution >= 4 is 0 Å². The Kier molecular flexibility index (Phi) is 2.92. The molecule has 1 rings (SSSR count). The molecule has 0 amide bonds. The van der Waals surface area contributed by atoms with E-state index in [1.807, 2.05) is 0 Å². The monoisotopic (exact) mass is 153 g/mol. The summed E-state index contributed by atoms with van der Waals surface area (Å²) in [5.74, 6) is 2.62. The highest BCUT2D eigenvalue weighted by molar-refractivity contribution is 4.98. The highest BCUT2D eigenvalue weighted by Gasteiger charge is 2.19. The minimum atomic E-state index is 0.00569. The van der Waals surface area contributed by atoms with E-state index in [1.165, 1.54) is 0 Å². The molecule has 11 heavy (non-hydrogen) atoms. The minimum Gasteiger partial charge on any atom is -0.363 e. The Hall–Kier alpha value is -0.520. The lowest BCUT2D eigenvalue weighted by Gasteiger charge is -2.33. The molecule has 1 atom stereocenters. The van der Waals surface area contributed by atoms with Crippen LogP contribution in [-0.2, 0) is 4.74 Å². The van der Waals surface area contributed by atoms with Crippen molar-refractivity contribution in [3.05, 3.63) is 0 Å². The maximum atomic E-state index is 5.33. The van der Waals surface area contributed by atoms with Crippen molar-refractivity contribution in [2.75, 3.05) is 19.7 Å². The van der Waals surface area contributed by atoms with Gasteiger partial charge < -0.3 is 4.74 Å². The van der Waals surface area contributed by atoms with E-state index in [1.54, 1.807) is 0 Å². The second-order valence-electron chi connectivity index (χ2n) is 3.11. The summed E-state index contributed by atoms with van der Waals surface area (Å²) >= 11 is 0. The molecule has 1 aliphatic rings. The van der Waals surface area contributed by atoms with Gasteiger partial charge in [-0.05, 0) is 13.8 Å². The van der Waals surface area contributed by atoms with Gasteiger partial charge in [0.2, 0.25) is 0 Å². The van der Waals surface area contributed by atoms with Crippen molar-refractivity contribution in [1.82, 2.24) is 4.90 Å². The molecule has 0 unspecified atom stereocenters. The lowest BCUT2D eigenvalue weighted by atomic mass is 10.2. The fraction of sp³-hybridized carbons (Fsp3) is 0.778. The third-order valence-electron chi connectivity index (χ3n) is 2.01. The summed E-state index contributed by atoms with van der Waals surface area (Å²) in [6.45, 7) is 7.02. The molecule has 0 spiro atoms. The molecule has 62 valence electrons. The Balaban J connectivity index is 2.41. The van der Waals surface area contributed by atoms with Crippen LogP contribution in [0, 0.1) is 12.3 Å². The zero-order valence-electron chi connectivity index (χ0n) is 7.21. The third-order valence-corrected chi connectivity index (χ3v) is 2.01. The van der Waals surface area contributed by atoms with Crippen molar-refractivity contribution in [3.63, 3.8) is 0 Å². The molecule has 1 saturated heterocycles. The van der Waals surface area contributed by atoms with Crippen LogP contribution in [0.3, 0.4) is 0 Å². The molecular formula is C9H15NO. The van der Waals surface area contributed by atoms with E-state index in [-0.39, 0.29) is 6.10 Å². The first-order valence-corrected chi connectivity index (χ1v) is 4.06. The molecule has 0 aromatic heterocycles. The van der Waals surface area contributed by atoms with Crippen LogP contribution >= 0.6 is 0 Å². The van der Waals surface area contributed by atoms with E-state index in [0.29, 0.717) is 6.04 Å². The summed E-state index contributed by atoms with van der Waals surface area (Å²) in [5.41, 5.74) is 0. The Morgan fingerprint density at radius 2 is 2.36 bits per heavy atom. The molecule has 1 aliphatic heterocycles. The molecule has 2 nitrogen and oxygen atoms in total. The molecular weight excluding hydrogens is 138 g/mol. The van der Waals surface area contributed by atoms with E-state index < -0.39 is 0 Å². The molecule has 2 heteroatoms. The number of terminal acetylenes is 1. The van der Waals surface area contributed by atoms with Gasteiger partial charge in [-0.15, -0.1) is 6.42 Å². The number of hydrogen-bond donors (Lipinski definition) is 0. The van der Waals surface area contributed by atoms with Crippen molar-refractivity contribution in [2.45, 2.75) is 26.0 Å². The van der Waals surface area contributed by atoms with E-state index >= 15 is 0 Å². The van der Waals surface area contributed by atoms with Gasteiger partial charge in [0.1, 0.15) is 6.10 Å².